The second-order valence-corrected chi connectivity index (χ2v) is 6.67. The Hall–Kier alpha value is -3.03. The molecule has 1 fully saturated rings. The molecule has 3 aromatic rings. The van der Waals surface area contributed by atoms with E-state index in [-0.39, 0.29) is 17.2 Å². The van der Waals surface area contributed by atoms with Gasteiger partial charge >= 0.3 is 6.18 Å². The summed E-state index contributed by atoms with van der Waals surface area (Å²) in [5.74, 6) is 0.903. The Labute approximate surface area is 158 Å². The van der Waals surface area contributed by atoms with Gasteiger partial charge in [-0.05, 0) is 36.6 Å². The van der Waals surface area contributed by atoms with Crippen LogP contribution in [0.5, 0.6) is 11.5 Å². The normalized spacial score (nSPS) is 14.3. The lowest BCUT2D eigenvalue weighted by molar-refractivity contribution is -0.153. The third-order valence-corrected chi connectivity index (χ3v) is 4.58. The Morgan fingerprint density at radius 3 is 2.46 bits per heavy atom. The van der Waals surface area contributed by atoms with Crippen molar-refractivity contribution in [2.24, 2.45) is 0 Å². The minimum atomic E-state index is -4.40. The van der Waals surface area contributed by atoms with Crippen LogP contribution in [-0.2, 0) is 0 Å². The summed E-state index contributed by atoms with van der Waals surface area (Å²) in [5.41, 5.74) is 2.05. The first-order valence-electron chi connectivity index (χ1n) is 8.76. The summed E-state index contributed by atoms with van der Waals surface area (Å²) in [6.07, 6.45) is -0.900. The highest BCUT2D eigenvalue weighted by Crippen LogP contribution is 2.42. The van der Waals surface area contributed by atoms with Crippen molar-refractivity contribution >= 4 is 5.65 Å². The Kier molecular flexibility index (Phi) is 4.49. The van der Waals surface area contributed by atoms with Gasteiger partial charge in [-0.15, -0.1) is 0 Å². The number of aromatic nitrogens is 2. The number of fused-ring (bicyclic) bond motifs is 1. The number of methoxy groups -OCH3 is 1. The SMILES string of the molecule is COc1ccn2c(=O)c(-c3ccc(OCC(F)(F)F)cc3)c(C3CC3)nc2c1. The van der Waals surface area contributed by atoms with Crippen molar-refractivity contribution in [1.29, 1.82) is 0 Å². The maximum absolute atomic E-state index is 13.1. The zero-order valence-electron chi connectivity index (χ0n) is 15.0. The van der Waals surface area contributed by atoms with Crippen molar-refractivity contribution < 1.29 is 22.6 Å². The fourth-order valence-corrected chi connectivity index (χ4v) is 3.07. The Morgan fingerprint density at radius 2 is 1.86 bits per heavy atom. The van der Waals surface area contributed by atoms with E-state index in [2.05, 4.69) is 4.98 Å². The molecule has 0 aliphatic heterocycles. The second kappa shape index (κ2) is 6.85. The van der Waals surface area contributed by atoms with Crippen molar-refractivity contribution in [2.45, 2.75) is 24.9 Å². The molecule has 2 aromatic heterocycles. The molecule has 0 spiro atoms. The van der Waals surface area contributed by atoms with Crippen LogP contribution in [0.25, 0.3) is 16.8 Å². The zero-order valence-corrected chi connectivity index (χ0v) is 15.0. The minimum Gasteiger partial charge on any atom is -0.497 e. The monoisotopic (exact) mass is 390 g/mol. The Morgan fingerprint density at radius 1 is 1.14 bits per heavy atom. The smallest absolute Gasteiger partial charge is 0.422 e. The van der Waals surface area contributed by atoms with Gasteiger partial charge in [-0.1, -0.05) is 12.1 Å². The highest BCUT2D eigenvalue weighted by Gasteiger charge is 2.31. The topological polar surface area (TPSA) is 52.8 Å². The first kappa shape index (κ1) is 18.3. The molecule has 0 saturated heterocycles. The van der Waals surface area contributed by atoms with E-state index in [0.717, 1.165) is 12.8 Å². The van der Waals surface area contributed by atoms with E-state index in [1.807, 2.05) is 0 Å². The van der Waals surface area contributed by atoms with Gasteiger partial charge in [0.2, 0.25) is 0 Å². The van der Waals surface area contributed by atoms with Crippen molar-refractivity contribution in [3.63, 3.8) is 0 Å². The van der Waals surface area contributed by atoms with Gasteiger partial charge in [0.15, 0.2) is 6.61 Å². The summed E-state index contributed by atoms with van der Waals surface area (Å²) in [7, 11) is 1.54. The second-order valence-electron chi connectivity index (χ2n) is 6.67. The van der Waals surface area contributed by atoms with Gasteiger partial charge in [0, 0.05) is 18.2 Å². The van der Waals surface area contributed by atoms with E-state index >= 15 is 0 Å². The highest BCUT2D eigenvalue weighted by molar-refractivity contribution is 5.68. The van der Waals surface area contributed by atoms with Crippen LogP contribution < -0.4 is 15.0 Å². The average molecular weight is 390 g/mol. The molecule has 5 nitrogen and oxygen atoms in total. The lowest BCUT2D eigenvalue weighted by Crippen LogP contribution is -2.20. The molecule has 0 atom stereocenters. The lowest BCUT2D eigenvalue weighted by Gasteiger charge is -2.13. The molecule has 0 bridgehead atoms. The van der Waals surface area contributed by atoms with E-state index in [4.69, 9.17) is 9.47 Å². The van der Waals surface area contributed by atoms with Crippen LogP contribution in [0, 0.1) is 0 Å². The molecule has 8 heteroatoms. The summed E-state index contributed by atoms with van der Waals surface area (Å²) in [5, 5.41) is 0. The summed E-state index contributed by atoms with van der Waals surface area (Å²) in [6, 6.07) is 9.41. The predicted molar refractivity (Wildman–Crippen MR) is 97.0 cm³/mol. The van der Waals surface area contributed by atoms with Gasteiger partial charge in [-0.25, -0.2) is 4.98 Å². The van der Waals surface area contributed by atoms with Crippen molar-refractivity contribution in [2.75, 3.05) is 13.7 Å². The molecule has 4 rings (SSSR count). The van der Waals surface area contributed by atoms with E-state index in [9.17, 15) is 18.0 Å². The summed E-state index contributed by atoms with van der Waals surface area (Å²) in [6.45, 7) is -1.36. The first-order valence-corrected chi connectivity index (χ1v) is 8.76. The Bertz CT molecular complexity index is 1070. The molecule has 0 radical (unpaired) electrons. The molecule has 0 unspecified atom stereocenters. The van der Waals surface area contributed by atoms with Gasteiger partial charge in [0.25, 0.3) is 5.56 Å². The van der Waals surface area contributed by atoms with Crippen LogP contribution >= 0.6 is 0 Å². The third kappa shape index (κ3) is 3.67. The number of rotatable bonds is 5. The molecular formula is C20H17F3N2O3. The van der Waals surface area contributed by atoms with Crippen LogP contribution in [-0.4, -0.2) is 29.3 Å². The molecule has 1 aliphatic rings. The third-order valence-electron chi connectivity index (χ3n) is 4.58. The largest absolute Gasteiger partial charge is 0.497 e. The van der Waals surface area contributed by atoms with E-state index < -0.39 is 12.8 Å². The number of hydrogen-bond donors (Lipinski definition) is 0. The quantitative estimate of drug-likeness (QED) is 0.656. The molecule has 0 amide bonds. The Balaban J connectivity index is 1.76. The van der Waals surface area contributed by atoms with Gasteiger partial charge < -0.3 is 9.47 Å². The van der Waals surface area contributed by atoms with Crippen molar-refractivity contribution in [3.05, 3.63) is 58.6 Å². The summed E-state index contributed by atoms with van der Waals surface area (Å²) < 4.78 is 48.3. The maximum Gasteiger partial charge on any atom is 0.422 e. The van der Waals surface area contributed by atoms with Crippen LogP contribution in [0.2, 0.25) is 0 Å². The average Bonchev–Trinajstić information content (AvgIpc) is 3.51. The molecule has 1 saturated carbocycles. The molecule has 1 aliphatic carbocycles. The van der Waals surface area contributed by atoms with E-state index in [1.54, 1.807) is 37.6 Å². The molecule has 28 heavy (non-hydrogen) atoms. The van der Waals surface area contributed by atoms with Gasteiger partial charge in [-0.2, -0.15) is 13.2 Å². The predicted octanol–water partition coefficient (Wildman–Crippen LogP) is 4.19. The number of halogens is 3. The van der Waals surface area contributed by atoms with Gasteiger partial charge in [0.05, 0.1) is 18.4 Å². The molecular weight excluding hydrogens is 373 g/mol. The van der Waals surface area contributed by atoms with Crippen molar-refractivity contribution in [3.8, 4) is 22.6 Å². The fourth-order valence-electron chi connectivity index (χ4n) is 3.07. The maximum atomic E-state index is 13.1. The number of nitrogens with zero attached hydrogens (tertiary/aromatic N) is 2. The molecule has 0 N–H and O–H groups in total. The van der Waals surface area contributed by atoms with E-state index in [0.29, 0.717) is 28.2 Å². The van der Waals surface area contributed by atoms with Crippen LogP contribution in [0.15, 0.2) is 47.4 Å². The lowest BCUT2D eigenvalue weighted by atomic mass is 10.0. The zero-order chi connectivity index (χ0) is 19.9. The van der Waals surface area contributed by atoms with Crippen LogP contribution in [0.3, 0.4) is 0 Å². The molecule has 146 valence electrons. The first-order chi connectivity index (χ1) is 13.4. The van der Waals surface area contributed by atoms with Crippen molar-refractivity contribution in [1.82, 2.24) is 9.38 Å². The number of pyridine rings is 1. The molecule has 1 aromatic carbocycles. The fraction of sp³-hybridized carbons (Fsp3) is 0.300. The summed E-state index contributed by atoms with van der Waals surface area (Å²) >= 11 is 0. The summed E-state index contributed by atoms with van der Waals surface area (Å²) in [4.78, 5) is 17.8. The van der Waals surface area contributed by atoms with Crippen LogP contribution in [0.4, 0.5) is 13.2 Å². The number of benzene rings is 1. The standard InChI is InChI=1S/C20H17F3N2O3/c1-27-15-8-9-25-16(10-15)24-18(13-2-3-13)17(19(25)26)12-4-6-14(7-5-12)28-11-20(21,22)23/h4-10,13H,2-3,11H2,1H3. The van der Waals surface area contributed by atoms with Gasteiger partial charge in [0.1, 0.15) is 17.1 Å². The molecule has 2 heterocycles. The van der Waals surface area contributed by atoms with Gasteiger partial charge in [-0.3, -0.25) is 9.20 Å². The number of ether oxygens (including phenoxy) is 2. The highest BCUT2D eigenvalue weighted by atomic mass is 19.4. The number of hydrogen-bond acceptors (Lipinski definition) is 4. The minimum absolute atomic E-state index is 0.0904. The number of alkyl halides is 3. The van der Waals surface area contributed by atoms with E-state index in [1.165, 1.54) is 16.5 Å². The van der Waals surface area contributed by atoms with Crippen LogP contribution in [0.1, 0.15) is 24.5 Å².